The average Bonchev–Trinajstić information content (AvgIpc) is 3.16. The lowest BCUT2D eigenvalue weighted by molar-refractivity contribution is 0.0591. The van der Waals surface area contributed by atoms with Crippen molar-refractivity contribution in [3.63, 3.8) is 0 Å². The number of fused-ring (bicyclic) bond motifs is 3. The van der Waals surface area contributed by atoms with Gasteiger partial charge in [0.15, 0.2) is 0 Å². The van der Waals surface area contributed by atoms with Crippen molar-refractivity contribution in [2.24, 2.45) is 0 Å². The Morgan fingerprint density at radius 1 is 1.27 bits per heavy atom. The second-order valence-corrected chi connectivity index (χ2v) is 10.4. The minimum atomic E-state index is 0.272. The van der Waals surface area contributed by atoms with Crippen LogP contribution < -0.4 is 4.74 Å². The van der Waals surface area contributed by atoms with Crippen molar-refractivity contribution < 1.29 is 4.74 Å². The zero-order valence-corrected chi connectivity index (χ0v) is 17.7. The second kappa shape index (κ2) is 6.46. The molecule has 0 spiro atoms. The largest absolute Gasteiger partial charge is 0.489 e. The number of benzene rings is 1. The van der Waals surface area contributed by atoms with E-state index in [1.165, 1.54) is 22.9 Å². The molecule has 3 nitrogen and oxygen atoms in total. The number of hydrogen-bond donors (Lipinski definition) is 0. The van der Waals surface area contributed by atoms with Crippen LogP contribution in [0.25, 0.3) is 21.3 Å². The third-order valence-corrected chi connectivity index (χ3v) is 8.54. The molecule has 134 valence electrons. The van der Waals surface area contributed by atoms with Crippen molar-refractivity contribution in [3.05, 3.63) is 48.0 Å². The fraction of sp³-hybridized carbons (Fsp3) is 0.381. The lowest BCUT2D eigenvalue weighted by atomic mass is 10.0. The first kappa shape index (κ1) is 17.0. The van der Waals surface area contributed by atoms with Crippen LogP contribution in [0.1, 0.15) is 25.7 Å². The molecule has 5 rings (SSSR count). The molecule has 2 aromatic heterocycles. The van der Waals surface area contributed by atoms with Crippen LogP contribution in [0.5, 0.6) is 5.75 Å². The van der Waals surface area contributed by atoms with Gasteiger partial charge in [-0.25, -0.2) is 0 Å². The third-order valence-electron chi connectivity index (χ3n) is 5.90. The van der Waals surface area contributed by atoms with Crippen molar-refractivity contribution in [2.75, 3.05) is 7.05 Å². The minimum absolute atomic E-state index is 0.272. The van der Waals surface area contributed by atoms with Gasteiger partial charge in [0.2, 0.25) is 0 Å². The molecule has 0 saturated carbocycles. The fourth-order valence-electron chi connectivity index (χ4n) is 4.37. The molecule has 26 heavy (non-hydrogen) atoms. The fourth-order valence-corrected chi connectivity index (χ4v) is 6.34. The van der Waals surface area contributed by atoms with Crippen molar-refractivity contribution in [1.82, 2.24) is 9.88 Å². The summed E-state index contributed by atoms with van der Waals surface area (Å²) in [4.78, 5) is 7.21. The molecule has 2 aliphatic rings. The Hall–Kier alpha value is -1.18. The number of pyridine rings is 1. The molecule has 4 heterocycles. The number of hydrogen-bond acceptors (Lipinski definition) is 4. The predicted octanol–water partition coefficient (Wildman–Crippen LogP) is 5.73. The minimum Gasteiger partial charge on any atom is -0.489 e. The average molecular weight is 476 g/mol. The van der Waals surface area contributed by atoms with Crippen LogP contribution >= 0.6 is 33.9 Å². The van der Waals surface area contributed by atoms with Gasteiger partial charge in [0.1, 0.15) is 11.9 Å². The molecule has 3 aromatic rings. The summed E-state index contributed by atoms with van der Waals surface area (Å²) in [6.45, 7) is 0. The Labute approximate surface area is 171 Å². The van der Waals surface area contributed by atoms with Crippen LogP contribution in [0.3, 0.4) is 0 Å². The topological polar surface area (TPSA) is 25.4 Å². The second-order valence-electron chi connectivity index (χ2n) is 7.45. The van der Waals surface area contributed by atoms with Crippen LogP contribution in [-0.2, 0) is 0 Å². The number of alkyl halides is 1. The van der Waals surface area contributed by atoms with Crippen molar-refractivity contribution in [2.45, 2.75) is 41.4 Å². The summed E-state index contributed by atoms with van der Waals surface area (Å²) in [5.41, 5.74) is 2.16. The van der Waals surface area contributed by atoms with E-state index in [-0.39, 0.29) is 3.55 Å². The maximum absolute atomic E-state index is 6.31. The molecule has 2 bridgehead atoms. The van der Waals surface area contributed by atoms with Gasteiger partial charge in [0, 0.05) is 22.7 Å². The molecular weight excluding hydrogens is 455 g/mol. The lowest BCUT2D eigenvalue weighted by Gasteiger charge is -2.42. The maximum Gasteiger partial charge on any atom is 0.138 e. The molecule has 3 atom stereocenters. The molecule has 0 amide bonds. The monoisotopic (exact) mass is 476 g/mol. The SMILES string of the molecule is CN1C2CCC1(I)CC(Oc1ccc(-c3ccc4sccc4c3)nc1)C2. The number of aromatic nitrogens is 1. The zero-order valence-electron chi connectivity index (χ0n) is 14.7. The Morgan fingerprint density at radius 3 is 3.00 bits per heavy atom. The first-order valence-electron chi connectivity index (χ1n) is 9.13. The first-order chi connectivity index (χ1) is 12.6. The standard InChI is InChI=1S/C21H21IN2OS/c1-24-16-6-8-21(24,22)12-18(11-16)25-17-3-4-19(23-13-17)14-2-5-20-15(10-14)7-9-26-20/h2-5,7,9-10,13,16,18H,6,8,11-12H2,1H3. The highest BCUT2D eigenvalue weighted by Crippen LogP contribution is 2.48. The molecule has 2 saturated heterocycles. The summed E-state index contributed by atoms with van der Waals surface area (Å²) in [6.07, 6.45) is 6.96. The van der Waals surface area contributed by atoms with Crippen LogP contribution in [0.2, 0.25) is 0 Å². The molecule has 0 N–H and O–H groups in total. The summed E-state index contributed by atoms with van der Waals surface area (Å²) in [6, 6.07) is 13.5. The number of thiophene rings is 1. The van der Waals surface area contributed by atoms with Crippen molar-refractivity contribution in [3.8, 4) is 17.0 Å². The van der Waals surface area contributed by atoms with Crippen LogP contribution in [0.15, 0.2) is 48.0 Å². The van der Waals surface area contributed by atoms with Crippen LogP contribution in [0, 0.1) is 0 Å². The quantitative estimate of drug-likeness (QED) is 0.274. The summed E-state index contributed by atoms with van der Waals surface area (Å²) < 4.78 is 7.90. The number of halogens is 1. The smallest absolute Gasteiger partial charge is 0.138 e. The molecule has 1 aromatic carbocycles. The van der Waals surface area contributed by atoms with E-state index in [4.69, 9.17) is 4.74 Å². The van der Waals surface area contributed by atoms with E-state index in [1.54, 1.807) is 11.3 Å². The van der Waals surface area contributed by atoms with E-state index in [0.717, 1.165) is 29.8 Å². The Bertz CT molecular complexity index is 941. The van der Waals surface area contributed by atoms with E-state index in [9.17, 15) is 0 Å². The first-order valence-corrected chi connectivity index (χ1v) is 11.1. The molecule has 3 unspecified atom stereocenters. The maximum atomic E-state index is 6.31. The normalized spacial score (nSPS) is 28.5. The molecule has 5 heteroatoms. The summed E-state index contributed by atoms with van der Waals surface area (Å²) >= 11 is 4.40. The highest BCUT2D eigenvalue weighted by molar-refractivity contribution is 14.1. The number of rotatable bonds is 3. The molecule has 2 aliphatic heterocycles. The highest BCUT2D eigenvalue weighted by Gasteiger charge is 2.48. The number of nitrogens with zero attached hydrogens (tertiary/aromatic N) is 2. The van der Waals surface area contributed by atoms with E-state index in [0.29, 0.717) is 12.1 Å². The van der Waals surface area contributed by atoms with Gasteiger partial charge < -0.3 is 4.74 Å². The van der Waals surface area contributed by atoms with Crippen molar-refractivity contribution >= 4 is 44.0 Å². The third kappa shape index (κ3) is 2.94. The Kier molecular flexibility index (Phi) is 4.21. The Balaban J connectivity index is 1.32. The van der Waals surface area contributed by atoms with Crippen LogP contribution in [0.4, 0.5) is 0 Å². The van der Waals surface area contributed by atoms with Crippen LogP contribution in [-0.4, -0.2) is 32.6 Å². The predicted molar refractivity (Wildman–Crippen MR) is 116 cm³/mol. The lowest BCUT2D eigenvalue weighted by Crippen LogP contribution is -2.49. The van der Waals surface area contributed by atoms with Gasteiger partial charge in [0.25, 0.3) is 0 Å². The Morgan fingerprint density at radius 2 is 2.19 bits per heavy atom. The number of piperidine rings is 1. The zero-order chi connectivity index (χ0) is 17.7. The van der Waals surface area contributed by atoms with E-state index >= 15 is 0 Å². The van der Waals surface area contributed by atoms with Crippen molar-refractivity contribution in [1.29, 1.82) is 0 Å². The van der Waals surface area contributed by atoms with E-state index in [2.05, 4.69) is 81.3 Å². The molecular formula is C21H21IN2OS. The van der Waals surface area contributed by atoms with Gasteiger partial charge in [-0.2, -0.15) is 0 Å². The van der Waals surface area contributed by atoms with Gasteiger partial charge in [-0.05, 0) is 67.4 Å². The van der Waals surface area contributed by atoms with Gasteiger partial charge in [0.05, 0.1) is 15.4 Å². The van der Waals surface area contributed by atoms with Gasteiger partial charge in [-0.15, -0.1) is 11.3 Å². The summed E-state index contributed by atoms with van der Waals surface area (Å²) in [5.74, 6) is 0.888. The van der Waals surface area contributed by atoms with Gasteiger partial charge in [-0.1, -0.05) is 28.7 Å². The molecule has 2 fully saturated rings. The van der Waals surface area contributed by atoms with E-state index < -0.39 is 0 Å². The van der Waals surface area contributed by atoms with Gasteiger partial charge in [-0.3, -0.25) is 9.88 Å². The summed E-state index contributed by atoms with van der Waals surface area (Å²) in [5, 5.41) is 3.41. The van der Waals surface area contributed by atoms with E-state index in [1.807, 2.05) is 6.20 Å². The molecule has 0 radical (unpaired) electrons. The summed E-state index contributed by atoms with van der Waals surface area (Å²) in [7, 11) is 2.26. The van der Waals surface area contributed by atoms with Gasteiger partial charge >= 0.3 is 0 Å². The molecule has 0 aliphatic carbocycles. The highest BCUT2D eigenvalue weighted by atomic mass is 127. The number of ether oxygens (including phenoxy) is 1.